The van der Waals surface area contributed by atoms with Crippen LogP contribution < -0.4 is 5.32 Å². The maximum atomic E-state index is 12.2. The van der Waals surface area contributed by atoms with E-state index in [-0.39, 0.29) is 28.1 Å². The van der Waals surface area contributed by atoms with Crippen molar-refractivity contribution in [3.63, 3.8) is 0 Å². The number of halogens is 2. The number of rotatable bonds is 6. The molecule has 0 saturated heterocycles. The van der Waals surface area contributed by atoms with Crippen LogP contribution in [0.5, 0.6) is 0 Å². The highest BCUT2D eigenvalue weighted by atomic mass is 35.5. The minimum Gasteiger partial charge on any atom is -0.325 e. The van der Waals surface area contributed by atoms with Gasteiger partial charge in [-0.3, -0.25) is 19.5 Å². The summed E-state index contributed by atoms with van der Waals surface area (Å²) in [5.41, 5.74) is 1.73. The molecule has 144 valence electrons. The fourth-order valence-electron chi connectivity index (χ4n) is 2.29. The van der Waals surface area contributed by atoms with E-state index in [0.29, 0.717) is 10.2 Å². The van der Waals surface area contributed by atoms with Crippen LogP contribution in [0.2, 0.25) is 10.0 Å². The van der Waals surface area contributed by atoms with Gasteiger partial charge in [0, 0.05) is 16.8 Å². The summed E-state index contributed by atoms with van der Waals surface area (Å²) in [6.07, 6.45) is 1.53. The van der Waals surface area contributed by atoms with Gasteiger partial charge < -0.3 is 5.32 Å². The lowest BCUT2D eigenvalue weighted by atomic mass is 10.2. The lowest BCUT2D eigenvalue weighted by Gasteiger charge is -2.08. The molecule has 1 heterocycles. The number of aromatic nitrogens is 3. The maximum Gasteiger partial charge on any atom is 0.289 e. The van der Waals surface area contributed by atoms with Crippen molar-refractivity contribution >= 4 is 52.2 Å². The number of benzene rings is 2. The van der Waals surface area contributed by atoms with Crippen LogP contribution in [0.15, 0.2) is 47.9 Å². The topological polar surface area (TPSA) is 103 Å². The molecule has 0 spiro atoms. The summed E-state index contributed by atoms with van der Waals surface area (Å²) in [5, 5.41) is 22.6. The minimum absolute atomic E-state index is 0.00207. The van der Waals surface area contributed by atoms with Gasteiger partial charge in [-0.05, 0) is 36.8 Å². The number of nitro benzene ring substituents is 1. The van der Waals surface area contributed by atoms with Crippen LogP contribution in [-0.4, -0.2) is 31.3 Å². The minimum atomic E-state index is -0.609. The summed E-state index contributed by atoms with van der Waals surface area (Å²) in [4.78, 5) is 22.5. The Balaban J connectivity index is 1.68. The third-order valence-electron chi connectivity index (χ3n) is 3.71. The third-order valence-corrected chi connectivity index (χ3v) is 5.38. The highest BCUT2D eigenvalue weighted by Gasteiger charge is 2.15. The Kier molecular flexibility index (Phi) is 6.18. The molecule has 28 heavy (non-hydrogen) atoms. The van der Waals surface area contributed by atoms with Gasteiger partial charge in [0.15, 0.2) is 5.16 Å². The quantitative estimate of drug-likeness (QED) is 0.345. The van der Waals surface area contributed by atoms with Gasteiger partial charge in [0.2, 0.25) is 5.91 Å². The van der Waals surface area contributed by atoms with Gasteiger partial charge in [-0.1, -0.05) is 41.0 Å². The molecule has 3 aromatic rings. The van der Waals surface area contributed by atoms with Gasteiger partial charge in [-0.2, -0.15) is 0 Å². The van der Waals surface area contributed by atoms with E-state index in [4.69, 9.17) is 23.2 Å². The predicted molar refractivity (Wildman–Crippen MR) is 109 cm³/mol. The van der Waals surface area contributed by atoms with Gasteiger partial charge >= 0.3 is 0 Å². The number of thioether (sulfide) groups is 1. The van der Waals surface area contributed by atoms with Crippen molar-refractivity contribution < 1.29 is 9.72 Å². The molecule has 2 aromatic carbocycles. The number of nitrogens with one attached hydrogen (secondary N) is 1. The SMILES string of the molecule is Cc1ccc(-n2cnnc2SCC(=O)Nc2ccc(Cl)c([N+](=O)[O-])c2)cc1Cl. The zero-order valence-electron chi connectivity index (χ0n) is 14.4. The smallest absolute Gasteiger partial charge is 0.289 e. The van der Waals surface area contributed by atoms with Crippen molar-refractivity contribution in [3.8, 4) is 5.69 Å². The number of nitrogens with zero attached hydrogens (tertiary/aromatic N) is 4. The van der Waals surface area contributed by atoms with Crippen molar-refractivity contribution in [3.05, 3.63) is 68.4 Å². The zero-order valence-corrected chi connectivity index (χ0v) is 16.8. The number of amides is 1. The molecule has 1 aromatic heterocycles. The first-order valence-electron chi connectivity index (χ1n) is 7.88. The molecular formula is C17H13Cl2N5O3S. The number of anilines is 1. The van der Waals surface area contributed by atoms with Crippen LogP contribution in [0.25, 0.3) is 5.69 Å². The molecule has 3 rings (SSSR count). The number of hydrogen-bond donors (Lipinski definition) is 1. The average molecular weight is 438 g/mol. The highest BCUT2D eigenvalue weighted by molar-refractivity contribution is 7.99. The largest absolute Gasteiger partial charge is 0.325 e. The lowest BCUT2D eigenvalue weighted by molar-refractivity contribution is -0.384. The van der Waals surface area contributed by atoms with E-state index in [1.165, 1.54) is 36.3 Å². The molecule has 11 heteroatoms. The number of carbonyl (C=O) groups excluding carboxylic acids is 1. The second kappa shape index (κ2) is 8.59. The summed E-state index contributed by atoms with van der Waals surface area (Å²) in [6, 6.07) is 9.61. The van der Waals surface area contributed by atoms with Gasteiger partial charge in [0.1, 0.15) is 11.3 Å². The summed E-state index contributed by atoms with van der Waals surface area (Å²) in [6.45, 7) is 1.90. The van der Waals surface area contributed by atoms with Crippen LogP contribution in [0, 0.1) is 17.0 Å². The van der Waals surface area contributed by atoms with E-state index in [0.717, 1.165) is 11.3 Å². The fraction of sp³-hybridized carbons (Fsp3) is 0.118. The van der Waals surface area contributed by atoms with E-state index in [2.05, 4.69) is 15.5 Å². The molecule has 0 aliphatic heterocycles. The van der Waals surface area contributed by atoms with Crippen LogP contribution in [0.3, 0.4) is 0 Å². The molecule has 0 aliphatic carbocycles. The number of nitro groups is 1. The van der Waals surface area contributed by atoms with Gasteiger partial charge in [0.05, 0.1) is 16.4 Å². The van der Waals surface area contributed by atoms with Crippen LogP contribution in [-0.2, 0) is 4.79 Å². The Morgan fingerprint density at radius 3 is 2.75 bits per heavy atom. The van der Waals surface area contributed by atoms with Crippen LogP contribution in [0.1, 0.15) is 5.56 Å². The van der Waals surface area contributed by atoms with E-state index >= 15 is 0 Å². The fourth-order valence-corrected chi connectivity index (χ4v) is 3.38. The second-order valence-electron chi connectivity index (χ2n) is 5.68. The number of aryl methyl sites for hydroxylation is 1. The number of hydrogen-bond acceptors (Lipinski definition) is 6. The Labute approximate surface area is 174 Å². The monoisotopic (exact) mass is 437 g/mol. The summed E-state index contributed by atoms with van der Waals surface area (Å²) in [5.74, 6) is -0.313. The molecule has 8 nitrogen and oxygen atoms in total. The van der Waals surface area contributed by atoms with Crippen molar-refractivity contribution in [2.24, 2.45) is 0 Å². The molecule has 1 amide bonds. The van der Waals surface area contributed by atoms with Crippen molar-refractivity contribution in [2.45, 2.75) is 12.1 Å². The first-order chi connectivity index (χ1) is 13.3. The van der Waals surface area contributed by atoms with E-state index in [9.17, 15) is 14.9 Å². The van der Waals surface area contributed by atoms with Crippen molar-refractivity contribution in [2.75, 3.05) is 11.1 Å². The van der Waals surface area contributed by atoms with Gasteiger partial charge in [-0.15, -0.1) is 10.2 Å². The molecule has 0 fully saturated rings. The first kappa shape index (κ1) is 20.1. The normalized spacial score (nSPS) is 10.7. The molecule has 0 radical (unpaired) electrons. The van der Waals surface area contributed by atoms with Gasteiger partial charge in [-0.25, -0.2) is 0 Å². The first-order valence-corrected chi connectivity index (χ1v) is 9.62. The maximum absolute atomic E-state index is 12.2. The molecule has 0 unspecified atom stereocenters. The number of carbonyl (C=O) groups is 1. The Morgan fingerprint density at radius 2 is 2.04 bits per heavy atom. The average Bonchev–Trinajstić information content (AvgIpc) is 3.12. The lowest BCUT2D eigenvalue weighted by Crippen LogP contribution is -2.14. The standard InChI is InChI=1S/C17H13Cl2N5O3S/c1-10-2-4-12(7-14(10)19)23-9-20-22-17(23)28-8-16(25)21-11-3-5-13(18)15(6-11)24(26)27/h2-7,9H,8H2,1H3,(H,21,25). The Bertz CT molecular complexity index is 1060. The molecule has 1 N–H and O–H groups in total. The molecular weight excluding hydrogens is 425 g/mol. The third kappa shape index (κ3) is 4.61. The van der Waals surface area contributed by atoms with E-state index < -0.39 is 4.92 Å². The Hall–Kier alpha value is -2.62. The van der Waals surface area contributed by atoms with Crippen molar-refractivity contribution in [1.82, 2.24) is 14.8 Å². The molecule has 0 bridgehead atoms. The summed E-state index contributed by atoms with van der Waals surface area (Å²) < 4.78 is 1.72. The molecule has 0 aliphatic rings. The Morgan fingerprint density at radius 1 is 1.25 bits per heavy atom. The van der Waals surface area contributed by atoms with E-state index in [1.54, 1.807) is 10.6 Å². The van der Waals surface area contributed by atoms with Crippen LogP contribution in [0.4, 0.5) is 11.4 Å². The summed E-state index contributed by atoms with van der Waals surface area (Å²) >= 11 is 13.1. The zero-order chi connectivity index (χ0) is 20.3. The van der Waals surface area contributed by atoms with E-state index in [1.807, 2.05) is 19.1 Å². The summed E-state index contributed by atoms with van der Waals surface area (Å²) in [7, 11) is 0. The van der Waals surface area contributed by atoms with Crippen molar-refractivity contribution in [1.29, 1.82) is 0 Å². The molecule has 0 atom stereocenters. The molecule has 0 saturated carbocycles. The highest BCUT2D eigenvalue weighted by Crippen LogP contribution is 2.28. The second-order valence-corrected chi connectivity index (χ2v) is 7.43. The van der Waals surface area contributed by atoms with Crippen LogP contribution >= 0.6 is 35.0 Å². The predicted octanol–water partition coefficient (Wildman–Crippen LogP) is 4.52. The van der Waals surface area contributed by atoms with Gasteiger partial charge in [0.25, 0.3) is 5.69 Å².